The van der Waals surface area contributed by atoms with E-state index in [4.69, 9.17) is 4.74 Å². The highest BCUT2D eigenvalue weighted by Gasteiger charge is 2.45. The Hall–Kier alpha value is -1.42. The first kappa shape index (κ1) is 16.1. The van der Waals surface area contributed by atoms with E-state index in [0.29, 0.717) is 0 Å². The Balaban J connectivity index is 1.32. The van der Waals surface area contributed by atoms with Crippen molar-refractivity contribution in [1.29, 1.82) is 0 Å². The van der Waals surface area contributed by atoms with E-state index in [1.165, 1.54) is 31.4 Å². The molecule has 2 aliphatic carbocycles. The number of hydrogen-bond donors (Lipinski definition) is 1. The fourth-order valence-corrected chi connectivity index (χ4v) is 4.57. The summed E-state index contributed by atoms with van der Waals surface area (Å²) in [4.78, 5) is 12.6. The number of benzene rings is 1. The molecule has 1 amide bonds. The van der Waals surface area contributed by atoms with E-state index in [-0.39, 0.29) is 35.2 Å². The number of hydrogen-bond acceptors (Lipinski definition) is 2. The van der Waals surface area contributed by atoms with Gasteiger partial charge in [-0.3, -0.25) is 4.79 Å². The number of rotatable bonds is 3. The third kappa shape index (κ3) is 3.34. The second-order valence-corrected chi connectivity index (χ2v) is 7.79. The van der Waals surface area contributed by atoms with Gasteiger partial charge in [0.25, 0.3) is 0 Å². The van der Waals surface area contributed by atoms with Crippen LogP contribution in [0, 0.1) is 11.7 Å². The van der Waals surface area contributed by atoms with Gasteiger partial charge in [0.1, 0.15) is 5.82 Å². The van der Waals surface area contributed by atoms with Crippen LogP contribution in [-0.2, 0) is 9.53 Å². The van der Waals surface area contributed by atoms with E-state index in [0.717, 1.165) is 44.3 Å². The van der Waals surface area contributed by atoms with Crippen molar-refractivity contribution in [1.82, 2.24) is 5.32 Å². The quantitative estimate of drug-likeness (QED) is 0.911. The van der Waals surface area contributed by atoms with Gasteiger partial charge < -0.3 is 10.1 Å². The molecule has 3 nitrogen and oxygen atoms in total. The Morgan fingerprint density at radius 2 is 1.92 bits per heavy atom. The van der Waals surface area contributed by atoms with Crippen molar-refractivity contribution in [2.75, 3.05) is 6.61 Å². The number of amides is 1. The van der Waals surface area contributed by atoms with Crippen molar-refractivity contribution in [3.05, 3.63) is 35.6 Å². The molecule has 1 aromatic carbocycles. The van der Waals surface area contributed by atoms with Crippen molar-refractivity contribution in [3.8, 4) is 0 Å². The first-order valence-corrected chi connectivity index (χ1v) is 9.35. The fraction of sp³-hybridized carbons (Fsp3) is 0.650. The zero-order valence-corrected chi connectivity index (χ0v) is 14.1. The van der Waals surface area contributed by atoms with Crippen molar-refractivity contribution in [2.45, 2.75) is 68.9 Å². The summed E-state index contributed by atoms with van der Waals surface area (Å²) in [5, 5.41) is 3.27. The van der Waals surface area contributed by atoms with Gasteiger partial charge in [-0.15, -0.1) is 0 Å². The summed E-state index contributed by atoms with van der Waals surface area (Å²) in [6.07, 6.45) is 8.84. The lowest BCUT2D eigenvalue weighted by Gasteiger charge is -2.43. The van der Waals surface area contributed by atoms with Crippen molar-refractivity contribution < 1.29 is 13.9 Å². The summed E-state index contributed by atoms with van der Waals surface area (Å²) >= 11 is 0. The van der Waals surface area contributed by atoms with Gasteiger partial charge in [-0.2, -0.15) is 0 Å². The van der Waals surface area contributed by atoms with E-state index < -0.39 is 0 Å². The first-order valence-electron chi connectivity index (χ1n) is 9.35. The Morgan fingerprint density at radius 3 is 2.67 bits per heavy atom. The first-order chi connectivity index (χ1) is 11.7. The van der Waals surface area contributed by atoms with Gasteiger partial charge in [0, 0.05) is 18.6 Å². The molecule has 2 saturated carbocycles. The monoisotopic (exact) mass is 331 g/mol. The predicted octanol–water partition coefficient (Wildman–Crippen LogP) is 3.93. The lowest BCUT2D eigenvalue weighted by Crippen LogP contribution is -2.49. The molecule has 1 spiro atoms. The maximum Gasteiger partial charge on any atom is 0.223 e. The predicted molar refractivity (Wildman–Crippen MR) is 90.2 cm³/mol. The highest BCUT2D eigenvalue weighted by molar-refractivity contribution is 5.83. The third-order valence-electron chi connectivity index (χ3n) is 6.03. The summed E-state index contributed by atoms with van der Waals surface area (Å²) in [6.45, 7) is 0.761. The van der Waals surface area contributed by atoms with Crippen LogP contribution in [0.15, 0.2) is 24.3 Å². The SMILES string of the molecule is O=C(N[C@@H]1CCOC2(CCCCC2)C1)[C@@H]1C[C@@H]1c1ccc(F)cc1. The standard InChI is InChI=1S/C20H26FNO2/c21-15-6-4-14(5-7-15)17-12-18(17)19(23)22-16-8-11-24-20(13-16)9-2-1-3-10-20/h4-7,16-18H,1-3,8-13H2,(H,22,23)/t16-,17-,18-/m1/s1. The minimum Gasteiger partial charge on any atom is -0.375 e. The van der Waals surface area contributed by atoms with Gasteiger partial charge in [-0.25, -0.2) is 4.39 Å². The molecule has 130 valence electrons. The number of ether oxygens (including phenoxy) is 1. The summed E-state index contributed by atoms with van der Waals surface area (Å²) in [7, 11) is 0. The van der Waals surface area contributed by atoms with Crippen LogP contribution < -0.4 is 5.32 Å². The molecule has 0 aromatic heterocycles. The van der Waals surface area contributed by atoms with Crippen molar-refractivity contribution in [2.24, 2.45) is 5.92 Å². The van der Waals surface area contributed by atoms with Gasteiger partial charge in [-0.05, 0) is 55.7 Å². The summed E-state index contributed by atoms with van der Waals surface area (Å²) in [5.41, 5.74) is 1.10. The molecule has 1 aliphatic heterocycles. The second-order valence-electron chi connectivity index (χ2n) is 7.79. The van der Waals surface area contributed by atoms with Gasteiger partial charge in [0.15, 0.2) is 0 Å². The summed E-state index contributed by atoms with van der Waals surface area (Å²) in [5.74, 6) is 0.261. The highest BCUT2D eigenvalue weighted by Crippen LogP contribution is 2.48. The van der Waals surface area contributed by atoms with Crippen LogP contribution in [0.4, 0.5) is 4.39 Å². The molecule has 0 unspecified atom stereocenters. The molecule has 3 fully saturated rings. The molecular weight excluding hydrogens is 305 g/mol. The van der Waals surface area contributed by atoms with Crippen LogP contribution in [0.2, 0.25) is 0 Å². The van der Waals surface area contributed by atoms with Crippen LogP contribution in [0.3, 0.4) is 0 Å². The number of halogens is 1. The largest absolute Gasteiger partial charge is 0.375 e. The molecule has 1 aromatic rings. The molecule has 0 bridgehead atoms. The van der Waals surface area contributed by atoms with E-state index in [9.17, 15) is 9.18 Å². The number of nitrogens with one attached hydrogen (secondary N) is 1. The summed E-state index contributed by atoms with van der Waals surface area (Å²) < 4.78 is 19.1. The van der Waals surface area contributed by atoms with Crippen molar-refractivity contribution >= 4 is 5.91 Å². The van der Waals surface area contributed by atoms with Crippen LogP contribution in [-0.4, -0.2) is 24.2 Å². The van der Waals surface area contributed by atoms with Crippen LogP contribution in [0.5, 0.6) is 0 Å². The van der Waals surface area contributed by atoms with Gasteiger partial charge in [0.05, 0.1) is 5.60 Å². The molecule has 3 atom stereocenters. The van der Waals surface area contributed by atoms with Crippen LogP contribution in [0.1, 0.15) is 62.8 Å². The molecule has 1 N–H and O–H groups in total. The van der Waals surface area contributed by atoms with Gasteiger partial charge in [-0.1, -0.05) is 31.4 Å². The van der Waals surface area contributed by atoms with E-state index in [1.807, 2.05) is 0 Å². The minimum absolute atomic E-state index is 0.0222. The van der Waals surface area contributed by atoms with E-state index in [1.54, 1.807) is 12.1 Å². The maximum absolute atomic E-state index is 13.0. The molecule has 1 heterocycles. The highest BCUT2D eigenvalue weighted by atomic mass is 19.1. The van der Waals surface area contributed by atoms with E-state index in [2.05, 4.69) is 5.32 Å². The molecule has 4 rings (SSSR count). The Bertz CT molecular complexity index is 589. The Labute approximate surface area is 143 Å². The topological polar surface area (TPSA) is 38.3 Å². The zero-order chi connectivity index (χ0) is 16.6. The van der Waals surface area contributed by atoms with Crippen LogP contribution in [0.25, 0.3) is 0 Å². The molecule has 4 heteroatoms. The Kier molecular flexibility index (Phi) is 4.33. The van der Waals surface area contributed by atoms with E-state index >= 15 is 0 Å². The lowest BCUT2D eigenvalue weighted by atomic mass is 9.78. The lowest BCUT2D eigenvalue weighted by molar-refractivity contribution is -0.129. The average Bonchev–Trinajstić information content (AvgIpc) is 3.37. The minimum atomic E-state index is -0.222. The smallest absolute Gasteiger partial charge is 0.223 e. The molecule has 0 radical (unpaired) electrons. The number of carbonyl (C=O) groups excluding carboxylic acids is 1. The molecular formula is C20H26FNO2. The van der Waals surface area contributed by atoms with Gasteiger partial charge in [0.2, 0.25) is 5.91 Å². The maximum atomic E-state index is 13.0. The molecule has 24 heavy (non-hydrogen) atoms. The Morgan fingerprint density at radius 1 is 1.17 bits per heavy atom. The summed E-state index contributed by atoms with van der Waals surface area (Å²) in [6, 6.07) is 6.82. The molecule has 3 aliphatic rings. The van der Waals surface area contributed by atoms with Crippen molar-refractivity contribution in [3.63, 3.8) is 0 Å². The second kappa shape index (κ2) is 6.47. The average molecular weight is 331 g/mol. The van der Waals surface area contributed by atoms with Gasteiger partial charge >= 0.3 is 0 Å². The fourth-order valence-electron chi connectivity index (χ4n) is 4.57. The molecule has 1 saturated heterocycles. The number of carbonyl (C=O) groups is 1. The third-order valence-corrected chi connectivity index (χ3v) is 6.03. The normalized spacial score (nSPS) is 31.6. The van der Waals surface area contributed by atoms with Crippen LogP contribution >= 0.6 is 0 Å². The zero-order valence-electron chi connectivity index (χ0n) is 14.1.